The van der Waals surface area contributed by atoms with Crippen molar-refractivity contribution in [2.75, 3.05) is 12.4 Å². The Labute approximate surface area is 129 Å². The van der Waals surface area contributed by atoms with Crippen LogP contribution in [0.5, 0.6) is 0 Å². The van der Waals surface area contributed by atoms with E-state index < -0.39 is 0 Å². The van der Waals surface area contributed by atoms with Gasteiger partial charge in [-0.2, -0.15) is 4.98 Å². The summed E-state index contributed by atoms with van der Waals surface area (Å²) in [5, 5.41) is 10.0. The summed E-state index contributed by atoms with van der Waals surface area (Å²) in [6.07, 6.45) is 2.72. The van der Waals surface area contributed by atoms with Crippen LogP contribution >= 0.6 is 0 Å². The van der Waals surface area contributed by atoms with Crippen LogP contribution in [0.1, 0.15) is 25.6 Å². The summed E-state index contributed by atoms with van der Waals surface area (Å²) in [6.45, 7) is 2.06. The van der Waals surface area contributed by atoms with E-state index in [0.29, 0.717) is 17.8 Å². The Morgan fingerprint density at radius 2 is 2.09 bits per heavy atom. The van der Waals surface area contributed by atoms with Crippen LogP contribution in [0.3, 0.4) is 0 Å². The van der Waals surface area contributed by atoms with Crippen molar-refractivity contribution in [3.63, 3.8) is 0 Å². The lowest BCUT2D eigenvalue weighted by Gasteiger charge is -2.05. The number of amides is 1. The Balaban J connectivity index is 1.65. The van der Waals surface area contributed by atoms with E-state index in [1.165, 1.54) is 0 Å². The number of nitrogens with one attached hydrogen (secondary N) is 2. The molecule has 1 atom stereocenters. The summed E-state index contributed by atoms with van der Waals surface area (Å²) in [4.78, 5) is 16.1. The minimum absolute atomic E-state index is 0.105. The summed E-state index contributed by atoms with van der Waals surface area (Å²) in [5.41, 5.74) is 1.64. The van der Waals surface area contributed by atoms with Gasteiger partial charge < -0.3 is 15.2 Å². The SMILES string of the molecule is CNC(C)Cc1noc(-c2ccc(NC(=O)C3CC3)cc2)n1. The molecule has 1 aromatic carbocycles. The molecule has 1 heterocycles. The molecule has 0 aliphatic heterocycles. The van der Waals surface area contributed by atoms with Gasteiger partial charge in [-0.15, -0.1) is 0 Å². The van der Waals surface area contributed by atoms with Gasteiger partial charge in [-0.1, -0.05) is 5.16 Å². The van der Waals surface area contributed by atoms with Crippen LogP contribution in [0.2, 0.25) is 0 Å². The van der Waals surface area contributed by atoms with Gasteiger partial charge in [0.05, 0.1) is 0 Å². The first kappa shape index (κ1) is 14.7. The number of rotatable bonds is 6. The third-order valence-corrected chi connectivity index (χ3v) is 3.80. The molecule has 1 aromatic heterocycles. The van der Waals surface area contributed by atoms with E-state index in [1.54, 1.807) is 0 Å². The monoisotopic (exact) mass is 300 g/mol. The van der Waals surface area contributed by atoms with Crippen molar-refractivity contribution in [3.8, 4) is 11.5 Å². The molecule has 3 rings (SSSR count). The average Bonchev–Trinajstić information content (AvgIpc) is 3.28. The van der Waals surface area contributed by atoms with E-state index in [-0.39, 0.29) is 11.8 Å². The number of benzene rings is 1. The van der Waals surface area contributed by atoms with Crippen molar-refractivity contribution in [3.05, 3.63) is 30.1 Å². The molecule has 0 spiro atoms. The summed E-state index contributed by atoms with van der Waals surface area (Å²) < 4.78 is 5.29. The second-order valence-corrected chi connectivity index (χ2v) is 5.75. The molecule has 1 fully saturated rings. The molecule has 2 aromatic rings. The first-order valence-corrected chi connectivity index (χ1v) is 7.57. The van der Waals surface area contributed by atoms with Gasteiger partial charge in [-0.3, -0.25) is 4.79 Å². The van der Waals surface area contributed by atoms with Crippen molar-refractivity contribution in [2.24, 2.45) is 5.92 Å². The maximum absolute atomic E-state index is 11.7. The van der Waals surface area contributed by atoms with Crippen LogP contribution < -0.4 is 10.6 Å². The molecular weight excluding hydrogens is 280 g/mol. The normalized spacial score (nSPS) is 15.5. The Kier molecular flexibility index (Phi) is 4.20. The van der Waals surface area contributed by atoms with Crippen LogP contribution in [0, 0.1) is 5.92 Å². The van der Waals surface area contributed by atoms with E-state index in [2.05, 4.69) is 27.7 Å². The molecule has 1 aliphatic carbocycles. The van der Waals surface area contributed by atoms with Crippen LogP contribution in [0.15, 0.2) is 28.8 Å². The maximum atomic E-state index is 11.7. The number of hydrogen-bond acceptors (Lipinski definition) is 5. The van der Waals surface area contributed by atoms with Crippen molar-refractivity contribution >= 4 is 11.6 Å². The van der Waals surface area contributed by atoms with E-state index in [0.717, 1.165) is 30.5 Å². The Hall–Kier alpha value is -2.21. The van der Waals surface area contributed by atoms with Gasteiger partial charge in [0, 0.05) is 29.6 Å². The molecule has 2 N–H and O–H groups in total. The standard InChI is InChI=1S/C16H20N4O2/c1-10(17-2)9-14-19-16(22-20-14)12-5-7-13(8-6-12)18-15(21)11-3-4-11/h5-8,10-11,17H,3-4,9H2,1-2H3,(H,18,21). The zero-order valence-corrected chi connectivity index (χ0v) is 12.8. The first-order chi connectivity index (χ1) is 10.7. The second-order valence-electron chi connectivity index (χ2n) is 5.75. The molecular formula is C16H20N4O2. The minimum Gasteiger partial charge on any atom is -0.334 e. The minimum atomic E-state index is 0.105. The summed E-state index contributed by atoms with van der Waals surface area (Å²) >= 11 is 0. The first-order valence-electron chi connectivity index (χ1n) is 7.57. The predicted octanol–water partition coefficient (Wildman–Crippen LogP) is 2.24. The van der Waals surface area contributed by atoms with Gasteiger partial charge in [0.2, 0.25) is 5.91 Å². The van der Waals surface area contributed by atoms with Crippen LogP contribution in [-0.4, -0.2) is 29.1 Å². The highest BCUT2D eigenvalue weighted by Gasteiger charge is 2.29. The lowest BCUT2D eigenvalue weighted by Crippen LogP contribution is -2.24. The van der Waals surface area contributed by atoms with Gasteiger partial charge in [0.1, 0.15) is 0 Å². The zero-order chi connectivity index (χ0) is 15.5. The smallest absolute Gasteiger partial charge is 0.257 e. The zero-order valence-electron chi connectivity index (χ0n) is 12.8. The average molecular weight is 300 g/mol. The lowest BCUT2D eigenvalue weighted by molar-refractivity contribution is -0.117. The molecule has 0 radical (unpaired) electrons. The predicted molar refractivity (Wildman–Crippen MR) is 83.3 cm³/mol. The quantitative estimate of drug-likeness (QED) is 0.855. The van der Waals surface area contributed by atoms with Gasteiger partial charge >= 0.3 is 0 Å². The third kappa shape index (κ3) is 3.51. The van der Waals surface area contributed by atoms with Gasteiger partial charge in [-0.05, 0) is 51.1 Å². The Morgan fingerprint density at radius 3 is 2.73 bits per heavy atom. The number of nitrogens with zero attached hydrogens (tertiary/aromatic N) is 2. The molecule has 6 nitrogen and oxygen atoms in total. The molecule has 22 heavy (non-hydrogen) atoms. The topological polar surface area (TPSA) is 80.0 Å². The van der Waals surface area contributed by atoms with Crippen LogP contribution in [-0.2, 0) is 11.2 Å². The lowest BCUT2D eigenvalue weighted by atomic mass is 10.2. The fourth-order valence-corrected chi connectivity index (χ4v) is 2.12. The Morgan fingerprint density at radius 1 is 1.36 bits per heavy atom. The fraction of sp³-hybridized carbons (Fsp3) is 0.438. The highest BCUT2D eigenvalue weighted by atomic mass is 16.5. The third-order valence-electron chi connectivity index (χ3n) is 3.80. The molecule has 116 valence electrons. The van der Waals surface area contributed by atoms with Crippen molar-refractivity contribution in [1.82, 2.24) is 15.5 Å². The highest BCUT2D eigenvalue weighted by molar-refractivity contribution is 5.94. The number of aromatic nitrogens is 2. The molecule has 1 saturated carbocycles. The van der Waals surface area contributed by atoms with Gasteiger partial charge in [0.25, 0.3) is 5.89 Å². The highest BCUT2D eigenvalue weighted by Crippen LogP contribution is 2.30. The number of hydrogen-bond donors (Lipinski definition) is 2. The molecule has 0 bridgehead atoms. The van der Waals surface area contributed by atoms with Crippen molar-refractivity contribution in [2.45, 2.75) is 32.2 Å². The maximum Gasteiger partial charge on any atom is 0.257 e. The summed E-state index contributed by atoms with van der Waals surface area (Å²) in [7, 11) is 1.90. The van der Waals surface area contributed by atoms with Crippen molar-refractivity contribution < 1.29 is 9.32 Å². The van der Waals surface area contributed by atoms with Crippen LogP contribution in [0.25, 0.3) is 11.5 Å². The molecule has 1 aliphatic rings. The van der Waals surface area contributed by atoms with E-state index in [4.69, 9.17) is 4.52 Å². The number of carbonyl (C=O) groups excluding carboxylic acids is 1. The van der Waals surface area contributed by atoms with Crippen molar-refractivity contribution in [1.29, 1.82) is 0 Å². The van der Waals surface area contributed by atoms with Gasteiger partial charge in [-0.25, -0.2) is 0 Å². The molecule has 1 amide bonds. The van der Waals surface area contributed by atoms with Gasteiger partial charge in [0.15, 0.2) is 5.82 Å². The molecule has 0 saturated heterocycles. The summed E-state index contributed by atoms with van der Waals surface area (Å²) in [5.74, 6) is 1.49. The van der Waals surface area contributed by atoms with E-state index in [1.807, 2.05) is 31.3 Å². The van der Waals surface area contributed by atoms with E-state index >= 15 is 0 Å². The number of likely N-dealkylation sites (N-methyl/N-ethyl adjacent to an activating group) is 1. The Bertz CT molecular complexity index is 646. The number of carbonyl (C=O) groups is 1. The molecule has 1 unspecified atom stereocenters. The largest absolute Gasteiger partial charge is 0.334 e. The number of anilines is 1. The summed E-state index contributed by atoms with van der Waals surface area (Å²) in [6, 6.07) is 7.76. The molecule has 6 heteroatoms. The van der Waals surface area contributed by atoms with E-state index in [9.17, 15) is 4.79 Å². The fourth-order valence-electron chi connectivity index (χ4n) is 2.12. The van der Waals surface area contributed by atoms with Crippen LogP contribution in [0.4, 0.5) is 5.69 Å². The second kappa shape index (κ2) is 6.27.